The molecule has 0 N–H and O–H groups in total. The van der Waals surface area contributed by atoms with E-state index in [4.69, 9.17) is 20.0 Å². The second-order valence-electron chi connectivity index (χ2n) is 14.1. The summed E-state index contributed by atoms with van der Waals surface area (Å²) in [5.74, 6) is 2.78. The maximum Gasteiger partial charge on any atom is 0.160 e. The zero-order valence-corrected chi connectivity index (χ0v) is 27.8. The molecule has 6 heteroatoms. The van der Waals surface area contributed by atoms with Crippen LogP contribution in [0, 0.1) is 0 Å². The van der Waals surface area contributed by atoms with Crippen molar-refractivity contribution < 1.29 is 0 Å². The van der Waals surface area contributed by atoms with Crippen molar-refractivity contribution in [3.63, 3.8) is 0 Å². The Labute approximate surface area is 262 Å². The first-order valence-corrected chi connectivity index (χ1v) is 15.5. The number of aliphatic imine (C=N–C) groups is 2. The van der Waals surface area contributed by atoms with Crippen LogP contribution in [0.1, 0.15) is 69.2 Å². The lowest BCUT2D eigenvalue weighted by Gasteiger charge is -2.41. The van der Waals surface area contributed by atoms with Crippen LogP contribution in [0.15, 0.2) is 94.9 Å². The van der Waals surface area contributed by atoms with E-state index in [1.54, 1.807) is 0 Å². The minimum atomic E-state index is -0.177. The zero-order valence-electron chi connectivity index (χ0n) is 27.8. The predicted molar refractivity (Wildman–Crippen MR) is 186 cm³/mol. The monoisotopic (exact) mass is 584 g/mol. The molecule has 1 aromatic heterocycles. The number of benzene rings is 3. The highest BCUT2D eigenvalue weighted by Crippen LogP contribution is 2.42. The maximum absolute atomic E-state index is 5.05. The van der Waals surface area contributed by atoms with Crippen LogP contribution in [0.25, 0.3) is 33.9 Å². The Hall–Kier alpha value is -4.32. The van der Waals surface area contributed by atoms with E-state index < -0.39 is 0 Å². The van der Waals surface area contributed by atoms with E-state index in [1.165, 1.54) is 0 Å². The second-order valence-corrected chi connectivity index (χ2v) is 14.1. The van der Waals surface area contributed by atoms with Gasteiger partial charge in [-0.05, 0) is 99.6 Å². The molecular weight excluding hydrogens is 540 g/mol. The van der Waals surface area contributed by atoms with Gasteiger partial charge >= 0.3 is 0 Å². The van der Waals surface area contributed by atoms with Gasteiger partial charge in [0, 0.05) is 28.1 Å². The summed E-state index contributed by atoms with van der Waals surface area (Å²) in [6, 6.07) is 29.7. The molecule has 0 radical (unpaired) electrons. The van der Waals surface area contributed by atoms with Crippen molar-refractivity contribution in [2.24, 2.45) is 9.98 Å². The van der Waals surface area contributed by atoms with Gasteiger partial charge in [-0.3, -0.25) is 9.98 Å². The Bertz CT molecular complexity index is 1650. The van der Waals surface area contributed by atoms with E-state index in [2.05, 4.69) is 146 Å². The van der Waals surface area contributed by atoms with E-state index >= 15 is 0 Å². The number of amidine groups is 2. The molecule has 44 heavy (non-hydrogen) atoms. The second kappa shape index (κ2) is 10.1. The molecule has 0 fully saturated rings. The molecule has 2 aliphatic heterocycles. The largest absolute Gasteiger partial charge is 0.322 e. The molecule has 0 spiro atoms. The van der Waals surface area contributed by atoms with E-state index in [-0.39, 0.29) is 22.2 Å². The number of aromatic nitrogens is 2. The number of rotatable bonds is 5. The van der Waals surface area contributed by atoms with Crippen LogP contribution in [-0.4, -0.2) is 43.8 Å². The van der Waals surface area contributed by atoms with Gasteiger partial charge in [0.2, 0.25) is 0 Å². The smallest absolute Gasteiger partial charge is 0.160 e. The van der Waals surface area contributed by atoms with Gasteiger partial charge in [0.25, 0.3) is 0 Å². The van der Waals surface area contributed by atoms with Gasteiger partial charge in [-0.25, -0.2) is 9.97 Å². The minimum Gasteiger partial charge on any atom is -0.322 e. The Balaban J connectivity index is 1.38. The maximum atomic E-state index is 5.05. The van der Waals surface area contributed by atoms with E-state index in [9.17, 15) is 0 Å². The van der Waals surface area contributed by atoms with Crippen molar-refractivity contribution in [2.45, 2.75) is 91.4 Å². The zero-order chi connectivity index (χ0) is 31.7. The van der Waals surface area contributed by atoms with Crippen molar-refractivity contribution >= 4 is 23.0 Å². The van der Waals surface area contributed by atoms with Gasteiger partial charge in [0.15, 0.2) is 5.82 Å². The van der Waals surface area contributed by atoms with Crippen molar-refractivity contribution in [1.29, 1.82) is 0 Å². The number of hydrogen-bond acceptors (Lipinski definition) is 6. The standard InChI is InChI=1S/C38H44N6/c1-25-41-35(3,4)37(7,8)43(25)30-20-16-27(17-21-30)32-24-33(40-34(39-32)29-14-12-11-13-15-29)28-18-22-31(23-19-28)44-26(2)42-36(5,6)38(44,9)10/h11-24H,1-10H3. The molecule has 0 saturated heterocycles. The van der Waals surface area contributed by atoms with Gasteiger partial charge in [0.05, 0.1) is 33.5 Å². The molecule has 0 aliphatic carbocycles. The molecule has 226 valence electrons. The molecule has 0 atom stereocenters. The van der Waals surface area contributed by atoms with Gasteiger partial charge in [0.1, 0.15) is 11.7 Å². The first kappa shape index (κ1) is 29.7. The summed E-state index contributed by atoms with van der Waals surface area (Å²) >= 11 is 0. The minimum absolute atomic E-state index is 0.141. The first-order chi connectivity index (χ1) is 20.6. The van der Waals surface area contributed by atoms with Crippen molar-refractivity contribution in [3.8, 4) is 33.9 Å². The summed E-state index contributed by atoms with van der Waals surface area (Å²) in [6.07, 6.45) is 0. The molecule has 0 unspecified atom stereocenters. The van der Waals surface area contributed by atoms with Gasteiger partial charge in [-0.1, -0.05) is 54.6 Å². The summed E-state index contributed by atoms with van der Waals surface area (Å²) < 4.78 is 0. The van der Waals surface area contributed by atoms with Crippen LogP contribution in [0.3, 0.4) is 0 Å². The lowest BCUT2D eigenvalue weighted by atomic mass is 9.83. The average Bonchev–Trinajstić information content (AvgIpc) is 3.25. The third-order valence-corrected chi connectivity index (χ3v) is 10.2. The van der Waals surface area contributed by atoms with Crippen LogP contribution in [0.2, 0.25) is 0 Å². The molecule has 3 heterocycles. The average molecular weight is 585 g/mol. The van der Waals surface area contributed by atoms with Crippen LogP contribution < -0.4 is 9.80 Å². The Morgan fingerprint density at radius 2 is 0.864 bits per heavy atom. The first-order valence-electron chi connectivity index (χ1n) is 15.5. The molecule has 6 nitrogen and oxygen atoms in total. The van der Waals surface area contributed by atoms with E-state index in [0.717, 1.165) is 51.1 Å². The van der Waals surface area contributed by atoms with Gasteiger partial charge in [-0.2, -0.15) is 0 Å². The molecule has 0 amide bonds. The normalized spacial score (nSPS) is 19.6. The molecule has 2 aliphatic rings. The summed E-state index contributed by atoms with van der Waals surface area (Å²) in [7, 11) is 0. The summed E-state index contributed by atoms with van der Waals surface area (Å²) in [6.45, 7) is 22.0. The molecule has 3 aromatic carbocycles. The summed E-state index contributed by atoms with van der Waals surface area (Å²) in [5, 5.41) is 0. The summed E-state index contributed by atoms with van der Waals surface area (Å²) in [5.41, 5.74) is 6.49. The molecule has 0 saturated carbocycles. The highest BCUT2D eigenvalue weighted by molar-refractivity contribution is 6.01. The quantitative estimate of drug-likeness (QED) is 0.235. The number of nitrogens with zero attached hydrogens (tertiary/aromatic N) is 6. The molecule has 6 rings (SSSR count). The highest BCUT2D eigenvalue weighted by Gasteiger charge is 2.49. The number of hydrogen-bond donors (Lipinski definition) is 0. The fourth-order valence-corrected chi connectivity index (χ4v) is 6.58. The van der Waals surface area contributed by atoms with E-state index in [1.807, 2.05) is 18.2 Å². The van der Waals surface area contributed by atoms with E-state index in [0.29, 0.717) is 5.82 Å². The Morgan fingerprint density at radius 1 is 0.477 bits per heavy atom. The molecule has 4 aromatic rings. The number of anilines is 2. The predicted octanol–water partition coefficient (Wildman–Crippen LogP) is 9.07. The highest BCUT2D eigenvalue weighted by atomic mass is 15.3. The Morgan fingerprint density at radius 3 is 1.20 bits per heavy atom. The van der Waals surface area contributed by atoms with Crippen LogP contribution in [0.5, 0.6) is 0 Å². The van der Waals surface area contributed by atoms with Gasteiger partial charge < -0.3 is 9.80 Å². The SMILES string of the molecule is CC1=NC(C)(C)C(C)(C)N1c1ccc(-c2cc(-c3ccc(N4C(C)=NC(C)(C)C4(C)C)cc3)nc(-c3ccccc3)n2)cc1. The van der Waals surface area contributed by atoms with Crippen LogP contribution in [-0.2, 0) is 0 Å². The fraction of sp³-hybridized carbons (Fsp3) is 0.368. The molecule has 0 bridgehead atoms. The van der Waals surface area contributed by atoms with Crippen molar-refractivity contribution in [2.75, 3.05) is 9.80 Å². The summed E-state index contributed by atoms with van der Waals surface area (Å²) in [4.78, 5) is 24.7. The topological polar surface area (TPSA) is 57.0 Å². The third-order valence-electron chi connectivity index (χ3n) is 10.2. The fourth-order valence-electron chi connectivity index (χ4n) is 6.58. The third kappa shape index (κ3) is 4.72. The van der Waals surface area contributed by atoms with Crippen LogP contribution >= 0.6 is 0 Å². The lowest BCUT2D eigenvalue weighted by molar-refractivity contribution is 0.338. The van der Waals surface area contributed by atoms with Crippen molar-refractivity contribution in [1.82, 2.24) is 9.97 Å². The lowest BCUT2D eigenvalue weighted by Crippen LogP contribution is -2.52. The Kier molecular flexibility index (Phi) is 6.84. The molecular formula is C38H44N6. The van der Waals surface area contributed by atoms with Crippen molar-refractivity contribution in [3.05, 3.63) is 84.9 Å². The van der Waals surface area contributed by atoms with Gasteiger partial charge in [-0.15, -0.1) is 0 Å². The van der Waals surface area contributed by atoms with Crippen LogP contribution in [0.4, 0.5) is 11.4 Å².